The van der Waals surface area contributed by atoms with Crippen molar-refractivity contribution in [2.24, 2.45) is 5.73 Å². The van der Waals surface area contributed by atoms with Crippen LogP contribution in [0.1, 0.15) is 19.8 Å². The van der Waals surface area contributed by atoms with Crippen LogP contribution in [0.2, 0.25) is 0 Å². The normalized spacial score (nSPS) is 17.1. The minimum atomic E-state index is -0.716. The summed E-state index contributed by atoms with van der Waals surface area (Å²) in [7, 11) is 0. The van der Waals surface area contributed by atoms with Crippen molar-refractivity contribution >= 4 is 0 Å². The average molecular weight is 159 g/mol. The third kappa shape index (κ3) is 4.95. The van der Waals surface area contributed by atoms with Gasteiger partial charge in [0.25, 0.3) is 0 Å². The molecule has 0 aromatic heterocycles. The Labute approximate surface area is 67.5 Å². The molecule has 0 rings (SSSR count). The van der Waals surface area contributed by atoms with Gasteiger partial charge in [-0.1, -0.05) is 25.5 Å². The third-order valence-electron chi connectivity index (χ3n) is 1.44. The summed E-state index contributed by atoms with van der Waals surface area (Å²) in [5.74, 6) is 0. The molecule has 0 bridgehead atoms. The molecule has 2 unspecified atom stereocenters. The maximum Gasteiger partial charge on any atom is 0.0894 e. The second-order valence-electron chi connectivity index (χ2n) is 2.55. The molecule has 0 aromatic carbocycles. The van der Waals surface area contributed by atoms with Gasteiger partial charge in [-0.3, -0.25) is 0 Å². The van der Waals surface area contributed by atoms with Crippen LogP contribution in [0.25, 0.3) is 0 Å². The van der Waals surface area contributed by atoms with Crippen LogP contribution < -0.4 is 5.73 Å². The summed E-state index contributed by atoms with van der Waals surface area (Å²) in [4.78, 5) is 0. The Morgan fingerprint density at radius 3 is 2.64 bits per heavy atom. The fourth-order valence-electron chi connectivity index (χ4n) is 0.653. The zero-order valence-electron chi connectivity index (χ0n) is 6.90. The van der Waals surface area contributed by atoms with E-state index in [1.54, 1.807) is 6.08 Å². The second-order valence-corrected chi connectivity index (χ2v) is 2.55. The maximum atomic E-state index is 9.17. The Balaban J connectivity index is 3.57. The van der Waals surface area contributed by atoms with Crippen molar-refractivity contribution in [3.05, 3.63) is 12.2 Å². The number of hydrogen-bond acceptors (Lipinski definition) is 3. The number of hydrogen-bond donors (Lipinski definition) is 3. The van der Waals surface area contributed by atoms with Crippen LogP contribution in [0.5, 0.6) is 0 Å². The number of nitrogens with two attached hydrogens (primary N) is 1. The number of aliphatic hydroxyl groups excluding tert-OH is 2. The number of aliphatic hydroxyl groups is 2. The van der Waals surface area contributed by atoms with Crippen molar-refractivity contribution in [1.29, 1.82) is 0 Å². The summed E-state index contributed by atoms with van der Waals surface area (Å²) >= 11 is 0. The number of allylic oxidation sites excluding steroid dienone is 1. The highest BCUT2D eigenvalue weighted by atomic mass is 16.3. The predicted molar refractivity (Wildman–Crippen MR) is 45.1 cm³/mol. The van der Waals surface area contributed by atoms with E-state index in [2.05, 4.69) is 6.92 Å². The molecule has 0 radical (unpaired) electrons. The van der Waals surface area contributed by atoms with Crippen LogP contribution in [0.3, 0.4) is 0 Å². The first kappa shape index (κ1) is 10.6. The van der Waals surface area contributed by atoms with Crippen molar-refractivity contribution in [2.45, 2.75) is 31.9 Å². The first-order valence-corrected chi connectivity index (χ1v) is 3.93. The Hall–Kier alpha value is -0.380. The fraction of sp³-hybridized carbons (Fsp3) is 0.750. The van der Waals surface area contributed by atoms with Gasteiger partial charge in [0.2, 0.25) is 0 Å². The van der Waals surface area contributed by atoms with E-state index in [0.717, 1.165) is 12.8 Å². The molecule has 0 aliphatic rings. The lowest BCUT2D eigenvalue weighted by Gasteiger charge is -2.11. The van der Waals surface area contributed by atoms with Crippen LogP contribution >= 0.6 is 0 Å². The van der Waals surface area contributed by atoms with E-state index in [-0.39, 0.29) is 6.61 Å². The van der Waals surface area contributed by atoms with Crippen molar-refractivity contribution in [2.75, 3.05) is 6.61 Å². The van der Waals surface area contributed by atoms with Gasteiger partial charge in [-0.05, 0) is 6.42 Å². The predicted octanol–water partition coefficient (Wildman–Crippen LogP) is 0.0232. The van der Waals surface area contributed by atoms with Gasteiger partial charge in [-0.15, -0.1) is 0 Å². The van der Waals surface area contributed by atoms with Crippen LogP contribution in [-0.4, -0.2) is 29.0 Å². The molecule has 0 aliphatic heterocycles. The Morgan fingerprint density at radius 2 is 2.18 bits per heavy atom. The first-order chi connectivity index (χ1) is 5.22. The number of unbranched alkanes of at least 4 members (excludes halogenated alkanes) is 1. The molecule has 0 aromatic rings. The Morgan fingerprint density at radius 1 is 1.55 bits per heavy atom. The van der Waals surface area contributed by atoms with E-state index in [1.807, 2.05) is 6.08 Å². The van der Waals surface area contributed by atoms with Crippen molar-refractivity contribution < 1.29 is 10.2 Å². The molecule has 3 heteroatoms. The van der Waals surface area contributed by atoms with Gasteiger partial charge in [0, 0.05) is 0 Å². The largest absolute Gasteiger partial charge is 0.395 e. The van der Waals surface area contributed by atoms with Gasteiger partial charge in [0.15, 0.2) is 0 Å². The zero-order chi connectivity index (χ0) is 8.69. The molecule has 0 heterocycles. The maximum absolute atomic E-state index is 9.17. The van der Waals surface area contributed by atoms with E-state index in [1.165, 1.54) is 0 Å². The van der Waals surface area contributed by atoms with E-state index >= 15 is 0 Å². The van der Waals surface area contributed by atoms with Crippen molar-refractivity contribution in [1.82, 2.24) is 0 Å². The molecule has 66 valence electrons. The lowest BCUT2D eigenvalue weighted by atomic mass is 10.1. The average Bonchev–Trinajstić information content (AvgIpc) is 2.03. The summed E-state index contributed by atoms with van der Waals surface area (Å²) < 4.78 is 0. The lowest BCUT2D eigenvalue weighted by molar-refractivity contribution is 0.144. The quantitative estimate of drug-likeness (QED) is 0.495. The van der Waals surface area contributed by atoms with Crippen LogP contribution in [-0.2, 0) is 0 Å². The molecule has 0 spiro atoms. The highest BCUT2D eigenvalue weighted by molar-refractivity contribution is 4.93. The molecule has 4 N–H and O–H groups in total. The van der Waals surface area contributed by atoms with Gasteiger partial charge in [0.1, 0.15) is 0 Å². The molecular formula is C8H17NO2. The molecule has 0 amide bonds. The SMILES string of the molecule is CCCC=CC(O)C(N)CO. The van der Waals surface area contributed by atoms with E-state index in [4.69, 9.17) is 10.8 Å². The first-order valence-electron chi connectivity index (χ1n) is 3.93. The molecule has 0 saturated heterocycles. The van der Waals surface area contributed by atoms with Gasteiger partial charge in [-0.2, -0.15) is 0 Å². The second kappa shape index (κ2) is 6.34. The molecular weight excluding hydrogens is 142 g/mol. The van der Waals surface area contributed by atoms with Crippen LogP contribution in [0.4, 0.5) is 0 Å². The summed E-state index contributed by atoms with van der Waals surface area (Å²) in [5.41, 5.74) is 5.35. The highest BCUT2D eigenvalue weighted by Gasteiger charge is 2.08. The monoisotopic (exact) mass is 159 g/mol. The molecule has 3 nitrogen and oxygen atoms in total. The van der Waals surface area contributed by atoms with Gasteiger partial charge < -0.3 is 15.9 Å². The standard InChI is InChI=1S/C8H17NO2/c1-2-3-4-5-8(11)7(9)6-10/h4-5,7-8,10-11H,2-3,6,9H2,1H3. The van der Waals surface area contributed by atoms with E-state index in [9.17, 15) is 5.11 Å². The molecule has 0 fully saturated rings. The highest BCUT2D eigenvalue weighted by Crippen LogP contribution is 1.95. The third-order valence-corrected chi connectivity index (χ3v) is 1.44. The summed E-state index contributed by atoms with van der Waals surface area (Å²) in [6, 6.07) is -0.553. The van der Waals surface area contributed by atoms with Crippen molar-refractivity contribution in [3.8, 4) is 0 Å². The summed E-state index contributed by atoms with van der Waals surface area (Å²) in [6.07, 6.45) is 4.78. The topological polar surface area (TPSA) is 66.5 Å². The van der Waals surface area contributed by atoms with Gasteiger partial charge in [0.05, 0.1) is 18.8 Å². The minimum Gasteiger partial charge on any atom is -0.395 e. The fourth-order valence-corrected chi connectivity index (χ4v) is 0.653. The summed E-state index contributed by atoms with van der Waals surface area (Å²) in [5, 5.41) is 17.7. The minimum absolute atomic E-state index is 0.183. The van der Waals surface area contributed by atoms with E-state index < -0.39 is 12.1 Å². The summed E-state index contributed by atoms with van der Waals surface area (Å²) in [6.45, 7) is 1.88. The Kier molecular flexibility index (Phi) is 6.12. The van der Waals surface area contributed by atoms with Crippen LogP contribution in [0.15, 0.2) is 12.2 Å². The smallest absolute Gasteiger partial charge is 0.0894 e. The van der Waals surface area contributed by atoms with E-state index in [0.29, 0.717) is 0 Å². The zero-order valence-corrected chi connectivity index (χ0v) is 6.90. The van der Waals surface area contributed by atoms with Gasteiger partial charge >= 0.3 is 0 Å². The van der Waals surface area contributed by atoms with Crippen LogP contribution in [0, 0.1) is 0 Å². The Bertz CT molecular complexity index is 115. The molecule has 0 aliphatic carbocycles. The number of rotatable bonds is 5. The lowest BCUT2D eigenvalue weighted by Crippen LogP contribution is -2.36. The molecule has 11 heavy (non-hydrogen) atoms. The van der Waals surface area contributed by atoms with Crippen molar-refractivity contribution in [3.63, 3.8) is 0 Å². The molecule has 0 saturated carbocycles. The van der Waals surface area contributed by atoms with Gasteiger partial charge in [-0.25, -0.2) is 0 Å². The molecule has 2 atom stereocenters.